The van der Waals surface area contributed by atoms with Gasteiger partial charge in [0.2, 0.25) is 5.91 Å². The van der Waals surface area contributed by atoms with E-state index in [1.54, 1.807) is 12.1 Å². The average molecular weight is 341 g/mol. The monoisotopic (exact) mass is 341 g/mol. The van der Waals surface area contributed by atoms with E-state index in [4.69, 9.17) is 0 Å². The molecule has 1 saturated heterocycles. The smallest absolute Gasteiger partial charge is 0.369 e. The van der Waals surface area contributed by atoms with Crippen LogP contribution < -0.4 is 10.2 Å². The normalized spacial score (nSPS) is 17.4. The number of anilines is 1. The molecule has 1 amide bonds. The van der Waals surface area contributed by atoms with Crippen LogP contribution in [-0.4, -0.2) is 49.6 Å². The van der Waals surface area contributed by atoms with Gasteiger partial charge in [-0.1, -0.05) is 12.1 Å². The molecule has 1 fully saturated rings. The van der Waals surface area contributed by atoms with Crippen molar-refractivity contribution in [2.75, 3.05) is 37.6 Å². The molecular formula is C17H22F3N3O. The second-order valence-corrected chi connectivity index (χ2v) is 5.78. The van der Waals surface area contributed by atoms with E-state index in [0.717, 1.165) is 6.07 Å². The quantitative estimate of drug-likeness (QED) is 0.836. The first-order chi connectivity index (χ1) is 11.3. The zero-order valence-corrected chi connectivity index (χ0v) is 13.6. The highest BCUT2D eigenvalue weighted by Gasteiger charge is 2.31. The lowest BCUT2D eigenvalue weighted by molar-refractivity contribution is -0.137. The summed E-state index contributed by atoms with van der Waals surface area (Å²) in [4.78, 5) is 15.9. The van der Waals surface area contributed by atoms with Crippen LogP contribution >= 0.6 is 0 Å². The van der Waals surface area contributed by atoms with E-state index >= 15 is 0 Å². The number of nitrogens with one attached hydrogen (secondary N) is 1. The van der Waals surface area contributed by atoms with Crippen LogP contribution in [0, 0.1) is 0 Å². The number of nitrogens with zero attached hydrogens (tertiary/aromatic N) is 2. The van der Waals surface area contributed by atoms with Crippen molar-refractivity contribution in [1.29, 1.82) is 0 Å². The Morgan fingerprint density at radius 2 is 2.00 bits per heavy atom. The van der Waals surface area contributed by atoms with Gasteiger partial charge in [-0.15, -0.1) is 6.58 Å². The molecule has 1 aromatic rings. The van der Waals surface area contributed by atoms with E-state index in [-0.39, 0.29) is 11.9 Å². The molecule has 132 valence electrons. The minimum absolute atomic E-state index is 0.0672. The van der Waals surface area contributed by atoms with Crippen molar-refractivity contribution in [2.45, 2.75) is 19.1 Å². The lowest BCUT2D eigenvalue weighted by Gasteiger charge is -2.38. The molecular weight excluding hydrogens is 319 g/mol. The number of halogens is 3. The molecule has 4 nitrogen and oxygen atoms in total. The molecule has 0 aromatic heterocycles. The molecule has 1 aliphatic heterocycles. The molecule has 0 radical (unpaired) electrons. The van der Waals surface area contributed by atoms with Gasteiger partial charge in [-0.2, -0.15) is 13.2 Å². The predicted molar refractivity (Wildman–Crippen MR) is 87.9 cm³/mol. The number of piperazine rings is 1. The van der Waals surface area contributed by atoms with Crippen molar-refractivity contribution in [3.05, 3.63) is 42.5 Å². The van der Waals surface area contributed by atoms with E-state index in [1.165, 1.54) is 12.1 Å². The maximum Gasteiger partial charge on any atom is 0.416 e. The van der Waals surface area contributed by atoms with Crippen molar-refractivity contribution in [3.8, 4) is 0 Å². The molecule has 0 aliphatic carbocycles. The van der Waals surface area contributed by atoms with Crippen molar-refractivity contribution in [1.82, 2.24) is 10.2 Å². The first-order valence-corrected chi connectivity index (χ1v) is 7.88. The second kappa shape index (κ2) is 7.70. The van der Waals surface area contributed by atoms with Crippen LogP contribution in [0.2, 0.25) is 0 Å². The summed E-state index contributed by atoms with van der Waals surface area (Å²) in [6.07, 6.45) is -2.72. The Labute approximate surface area is 139 Å². The number of alkyl halides is 3. The largest absolute Gasteiger partial charge is 0.416 e. The molecule has 2 rings (SSSR count). The summed E-state index contributed by atoms with van der Waals surface area (Å²) in [7, 11) is 0. The van der Waals surface area contributed by atoms with Gasteiger partial charge < -0.3 is 10.2 Å². The number of hydrogen-bond donors (Lipinski definition) is 1. The van der Waals surface area contributed by atoms with E-state index in [9.17, 15) is 18.0 Å². The van der Waals surface area contributed by atoms with Crippen molar-refractivity contribution < 1.29 is 18.0 Å². The van der Waals surface area contributed by atoms with Gasteiger partial charge in [0.25, 0.3) is 0 Å². The fourth-order valence-electron chi connectivity index (χ4n) is 2.73. The molecule has 0 bridgehead atoms. The van der Waals surface area contributed by atoms with Gasteiger partial charge in [0.05, 0.1) is 11.6 Å². The highest BCUT2D eigenvalue weighted by molar-refractivity contribution is 5.81. The predicted octanol–water partition coefficient (Wildman–Crippen LogP) is 2.52. The van der Waals surface area contributed by atoms with Crippen molar-refractivity contribution in [3.63, 3.8) is 0 Å². The fraction of sp³-hybridized carbons (Fsp3) is 0.471. The lowest BCUT2D eigenvalue weighted by atomic mass is 10.1. The molecule has 7 heteroatoms. The number of carbonyl (C=O) groups excluding carboxylic acids is 1. The van der Waals surface area contributed by atoms with Gasteiger partial charge in [-0.05, 0) is 25.1 Å². The van der Waals surface area contributed by atoms with E-state index in [1.807, 2.05) is 16.7 Å². The lowest BCUT2D eigenvalue weighted by Crippen LogP contribution is -2.54. The Balaban J connectivity index is 1.95. The molecule has 0 spiro atoms. The molecule has 0 saturated carbocycles. The van der Waals surface area contributed by atoms with Crippen LogP contribution in [0.15, 0.2) is 36.9 Å². The standard InChI is InChI=1S/C17H22F3N3O/c1-3-7-21-16(24)13(2)22-8-10-23(11-9-22)15-6-4-5-14(12-15)17(18,19)20/h3-6,12-13H,1,7-11H2,2H3,(H,21,24). The summed E-state index contributed by atoms with van der Waals surface area (Å²) in [5.74, 6) is -0.0672. The summed E-state index contributed by atoms with van der Waals surface area (Å²) in [5, 5.41) is 2.76. The van der Waals surface area contributed by atoms with Gasteiger partial charge in [0, 0.05) is 38.4 Å². The first-order valence-electron chi connectivity index (χ1n) is 7.88. The van der Waals surface area contributed by atoms with Crippen LogP contribution in [0.3, 0.4) is 0 Å². The third-order valence-electron chi connectivity index (χ3n) is 4.20. The average Bonchev–Trinajstić information content (AvgIpc) is 2.58. The van der Waals surface area contributed by atoms with E-state index in [0.29, 0.717) is 38.4 Å². The molecule has 1 N–H and O–H groups in total. The van der Waals surface area contributed by atoms with Crippen molar-refractivity contribution >= 4 is 11.6 Å². The maximum absolute atomic E-state index is 12.8. The fourth-order valence-corrected chi connectivity index (χ4v) is 2.73. The van der Waals surface area contributed by atoms with Crippen LogP contribution in [0.4, 0.5) is 18.9 Å². The van der Waals surface area contributed by atoms with Crippen LogP contribution in [0.1, 0.15) is 12.5 Å². The van der Waals surface area contributed by atoms with E-state index in [2.05, 4.69) is 11.9 Å². The summed E-state index contributed by atoms with van der Waals surface area (Å²) in [6.45, 7) is 8.23. The zero-order chi connectivity index (χ0) is 17.7. The SMILES string of the molecule is C=CCNC(=O)C(C)N1CCN(c2cccc(C(F)(F)F)c2)CC1. The Morgan fingerprint density at radius 3 is 2.58 bits per heavy atom. The summed E-state index contributed by atoms with van der Waals surface area (Å²) < 4.78 is 38.4. The number of amides is 1. The second-order valence-electron chi connectivity index (χ2n) is 5.78. The Morgan fingerprint density at radius 1 is 1.33 bits per heavy atom. The maximum atomic E-state index is 12.8. The molecule has 24 heavy (non-hydrogen) atoms. The number of carbonyl (C=O) groups is 1. The van der Waals surface area contributed by atoms with Gasteiger partial charge in [-0.25, -0.2) is 0 Å². The number of benzene rings is 1. The van der Waals surface area contributed by atoms with Gasteiger partial charge in [0.1, 0.15) is 0 Å². The topological polar surface area (TPSA) is 35.6 Å². The zero-order valence-electron chi connectivity index (χ0n) is 13.6. The highest BCUT2D eigenvalue weighted by atomic mass is 19.4. The summed E-state index contributed by atoms with van der Waals surface area (Å²) >= 11 is 0. The van der Waals surface area contributed by atoms with Crippen molar-refractivity contribution in [2.24, 2.45) is 0 Å². The van der Waals surface area contributed by atoms with Gasteiger partial charge in [0.15, 0.2) is 0 Å². The third kappa shape index (κ3) is 4.50. The minimum Gasteiger partial charge on any atom is -0.369 e. The number of rotatable bonds is 5. The molecule has 1 atom stereocenters. The Hall–Kier alpha value is -2.02. The molecule has 1 aliphatic rings. The van der Waals surface area contributed by atoms with Gasteiger partial charge >= 0.3 is 6.18 Å². The molecule has 1 aromatic carbocycles. The molecule has 1 heterocycles. The minimum atomic E-state index is -4.34. The van der Waals surface area contributed by atoms with Crippen LogP contribution in [0.5, 0.6) is 0 Å². The number of hydrogen-bond acceptors (Lipinski definition) is 3. The summed E-state index contributed by atoms with van der Waals surface area (Å²) in [5.41, 5.74) is -0.0761. The van der Waals surface area contributed by atoms with Crippen LogP contribution in [-0.2, 0) is 11.0 Å². The third-order valence-corrected chi connectivity index (χ3v) is 4.20. The van der Waals surface area contributed by atoms with Gasteiger partial charge in [-0.3, -0.25) is 9.69 Å². The molecule has 1 unspecified atom stereocenters. The summed E-state index contributed by atoms with van der Waals surface area (Å²) in [6, 6.07) is 5.09. The Bertz CT molecular complexity index is 581. The highest BCUT2D eigenvalue weighted by Crippen LogP contribution is 2.31. The first kappa shape index (κ1) is 18.3. The van der Waals surface area contributed by atoms with E-state index < -0.39 is 11.7 Å². The van der Waals surface area contributed by atoms with Crippen LogP contribution in [0.25, 0.3) is 0 Å². The Kier molecular flexibility index (Phi) is 5.88.